The Morgan fingerprint density at radius 3 is 2.72 bits per heavy atom. The predicted octanol–water partition coefficient (Wildman–Crippen LogP) is 2.75. The van der Waals surface area contributed by atoms with Crippen LogP contribution >= 0.6 is 27.5 Å². The van der Waals surface area contributed by atoms with Gasteiger partial charge in [-0.1, -0.05) is 11.6 Å². The maximum atomic E-state index is 6.08. The molecular formula is C11H12BrClN4O. The van der Waals surface area contributed by atoms with E-state index in [1.165, 1.54) is 0 Å². The lowest BCUT2D eigenvalue weighted by molar-refractivity contribution is 0.181. The molecule has 96 valence electrons. The number of halogens is 2. The maximum Gasteiger partial charge on any atom is 0.164 e. The summed E-state index contributed by atoms with van der Waals surface area (Å²) in [7, 11) is 3.46. The van der Waals surface area contributed by atoms with Gasteiger partial charge in [-0.05, 0) is 22.9 Å². The molecule has 2 heterocycles. The Labute approximate surface area is 118 Å². The van der Waals surface area contributed by atoms with Gasteiger partial charge in [0.15, 0.2) is 5.82 Å². The van der Waals surface area contributed by atoms with Crippen molar-refractivity contribution in [1.82, 2.24) is 19.7 Å². The summed E-state index contributed by atoms with van der Waals surface area (Å²) in [5.74, 6) is 0.556. The number of hydrogen-bond donors (Lipinski definition) is 0. The van der Waals surface area contributed by atoms with Crippen molar-refractivity contribution < 1.29 is 4.74 Å². The monoisotopic (exact) mass is 330 g/mol. The van der Waals surface area contributed by atoms with Crippen LogP contribution in [-0.4, -0.2) is 26.9 Å². The fourth-order valence-electron chi connectivity index (χ4n) is 1.63. The van der Waals surface area contributed by atoms with Crippen LogP contribution < -0.4 is 0 Å². The first-order valence-electron chi connectivity index (χ1n) is 5.24. The summed E-state index contributed by atoms with van der Waals surface area (Å²) in [6.07, 6.45) is 1.87. The minimum Gasteiger partial charge on any atom is -0.378 e. The fourth-order valence-corrected chi connectivity index (χ4v) is 2.12. The molecule has 0 unspecified atom stereocenters. The second-order valence-electron chi connectivity index (χ2n) is 3.83. The van der Waals surface area contributed by atoms with Crippen molar-refractivity contribution in [3.63, 3.8) is 0 Å². The second-order valence-corrected chi connectivity index (χ2v) is 4.98. The topological polar surface area (TPSA) is 52.8 Å². The lowest BCUT2D eigenvalue weighted by Crippen LogP contribution is -2.00. The van der Waals surface area contributed by atoms with Crippen LogP contribution in [0.3, 0.4) is 0 Å². The highest BCUT2D eigenvalue weighted by atomic mass is 79.9. The number of aromatic nitrogens is 4. The smallest absolute Gasteiger partial charge is 0.164 e. The van der Waals surface area contributed by atoms with E-state index in [4.69, 9.17) is 16.3 Å². The summed E-state index contributed by atoms with van der Waals surface area (Å²) < 4.78 is 7.48. The van der Waals surface area contributed by atoms with Crippen LogP contribution in [0, 0.1) is 6.92 Å². The minimum absolute atomic E-state index is 0.370. The Morgan fingerprint density at radius 1 is 1.44 bits per heavy atom. The van der Waals surface area contributed by atoms with E-state index in [0.717, 1.165) is 17.0 Å². The third kappa shape index (κ3) is 2.55. The van der Waals surface area contributed by atoms with Crippen LogP contribution in [-0.2, 0) is 18.4 Å². The van der Waals surface area contributed by atoms with E-state index in [1.807, 2.05) is 20.2 Å². The lowest BCUT2D eigenvalue weighted by atomic mass is 10.2. The second kappa shape index (κ2) is 5.34. The first-order chi connectivity index (χ1) is 8.52. The Balaban J connectivity index is 2.55. The van der Waals surface area contributed by atoms with Crippen molar-refractivity contribution in [2.24, 2.45) is 7.05 Å². The summed E-state index contributed by atoms with van der Waals surface area (Å²) >= 11 is 9.44. The Hall–Kier alpha value is -0.980. The van der Waals surface area contributed by atoms with Crippen molar-refractivity contribution >= 4 is 27.5 Å². The Morgan fingerprint density at radius 2 is 2.17 bits per heavy atom. The molecular weight excluding hydrogens is 320 g/mol. The van der Waals surface area contributed by atoms with Gasteiger partial charge in [0.25, 0.3) is 0 Å². The van der Waals surface area contributed by atoms with Crippen molar-refractivity contribution in [3.05, 3.63) is 27.2 Å². The molecule has 2 aromatic rings. The van der Waals surface area contributed by atoms with Gasteiger partial charge in [0.1, 0.15) is 5.15 Å². The van der Waals surface area contributed by atoms with E-state index in [1.54, 1.807) is 11.8 Å². The zero-order valence-corrected chi connectivity index (χ0v) is 12.6. The largest absolute Gasteiger partial charge is 0.378 e. The lowest BCUT2D eigenvalue weighted by Gasteiger charge is -2.06. The van der Waals surface area contributed by atoms with Crippen molar-refractivity contribution in [1.29, 1.82) is 0 Å². The molecule has 0 aliphatic rings. The molecule has 0 bridgehead atoms. The molecule has 0 amide bonds. The van der Waals surface area contributed by atoms with Crippen molar-refractivity contribution in [2.75, 3.05) is 7.11 Å². The van der Waals surface area contributed by atoms with Gasteiger partial charge in [0, 0.05) is 20.4 Å². The highest BCUT2D eigenvalue weighted by molar-refractivity contribution is 9.10. The molecule has 5 nitrogen and oxygen atoms in total. The van der Waals surface area contributed by atoms with Crippen LogP contribution in [0.4, 0.5) is 0 Å². The van der Waals surface area contributed by atoms with Crippen molar-refractivity contribution in [3.8, 4) is 11.4 Å². The molecule has 0 fully saturated rings. The highest BCUT2D eigenvalue weighted by Gasteiger charge is 2.15. The van der Waals surface area contributed by atoms with E-state index in [2.05, 4.69) is 31.0 Å². The van der Waals surface area contributed by atoms with Crippen LogP contribution in [0.1, 0.15) is 11.4 Å². The number of aryl methyl sites for hydroxylation is 2. The molecule has 0 radical (unpaired) electrons. The molecule has 7 heteroatoms. The first kappa shape index (κ1) is 13.5. The summed E-state index contributed by atoms with van der Waals surface area (Å²) in [5.41, 5.74) is 2.44. The molecule has 0 aliphatic carbocycles. The number of methoxy groups -OCH3 is 1. The van der Waals surface area contributed by atoms with Gasteiger partial charge in [-0.25, -0.2) is 9.97 Å². The van der Waals surface area contributed by atoms with Gasteiger partial charge in [-0.3, -0.25) is 4.68 Å². The minimum atomic E-state index is 0.370. The van der Waals surface area contributed by atoms with E-state index >= 15 is 0 Å². The zero-order chi connectivity index (χ0) is 13.3. The van der Waals surface area contributed by atoms with Gasteiger partial charge in [0.2, 0.25) is 0 Å². The van der Waals surface area contributed by atoms with E-state index in [0.29, 0.717) is 22.1 Å². The molecule has 18 heavy (non-hydrogen) atoms. The molecule has 0 atom stereocenters. The van der Waals surface area contributed by atoms with Crippen LogP contribution in [0.25, 0.3) is 11.4 Å². The van der Waals surface area contributed by atoms with Crippen LogP contribution in [0.2, 0.25) is 5.15 Å². The summed E-state index contributed by atoms with van der Waals surface area (Å²) in [4.78, 5) is 8.71. The van der Waals surface area contributed by atoms with Gasteiger partial charge < -0.3 is 4.74 Å². The average molecular weight is 332 g/mol. The molecule has 0 spiro atoms. The van der Waals surface area contributed by atoms with E-state index < -0.39 is 0 Å². The molecule has 0 N–H and O–H groups in total. The van der Waals surface area contributed by atoms with Gasteiger partial charge in [-0.15, -0.1) is 0 Å². The predicted molar refractivity (Wildman–Crippen MR) is 72.4 cm³/mol. The first-order valence-corrected chi connectivity index (χ1v) is 6.41. The van der Waals surface area contributed by atoms with Gasteiger partial charge in [0.05, 0.1) is 28.0 Å². The molecule has 0 aliphatic heterocycles. The maximum absolute atomic E-state index is 6.08. The number of hydrogen-bond acceptors (Lipinski definition) is 4. The normalized spacial score (nSPS) is 10.9. The zero-order valence-electron chi connectivity index (χ0n) is 10.2. The fraction of sp³-hybridized carbons (Fsp3) is 0.364. The Bertz CT molecular complexity index is 585. The highest BCUT2D eigenvalue weighted by Crippen LogP contribution is 2.28. The number of ether oxygens (including phenoxy) is 1. The van der Waals surface area contributed by atoms with Crippen LogP contribution in [0.5, 0.6) is 0 Å². The van der Waals surface area contributed by atoms with Crippen LogP contribution in [0.15, 0.2) is 10.7 Å². The standard InChI is InChI=1S/C11H12BrClN4O/c1-6-7(4-17(2)16-6)11-14-8(5-18-3)9(12)10(13)15-11/h4H,5H2,1-3H3. The molecule has 0 saturated carbocycles. The number of rotatable bonds is 3. The third-order valence-corrected chi connectivity index (χ3v) is 3.75. The molecule has 0 aromatic carbocycles. The quantitative estimate of drug-likeness (QED) is 0.812. The van der Waals surface area contributed by atoms with Gasteiger partial charge in [-0.2, -0.15) is 5.10 Å². The number of nitrogens with zero attached hydrogens (tertiary/aromatic N) is 4. The SMILES string of the molecule is COCc1nc(-c2cn(C)nc2C)nc(Cl)c1Br. The Kier molecular flexibility index (Phi) is 3.99. The average Bonchev–Trinajstić information content (AvgIpc) is 2.64. The van der Waals surface area contributed by atoms with Crippen molar-refractivity contribution in [2.45, 2.75) is 13.5 Å². The summed E-state index contributed by atoms with van der Waals surface area (Å²) in [6, 6.07) is 0. The van der Waals surface area contributed by atoms with E-state index in [-0.39, 0.29) is 0 Å². The molecule has 0 saturated heterocycles. The van der Waals surface area contributed by atoms with Gasteiger partial charge >= 0.3 is 0 Å². The molecule has 2 aromatic heterocycles. The summed E-state index contributed by atoms with van der Waals surface area (Å²) in [6.45, 7) is 2.28. The third-order valence-electron chi connectivity index (χ3n) is 2.41. The molecule has 2 rings (SSSR count). The summed E-state index contributed by atoms with van der Waals surface area (Å²) in [5, 5.41) is 4.64. The van der Waals surface area contributed by atoms with E-state index in [9.17, 15) is 0 Å².